The summed E-state index contributed by atoms with van der Waals surface area (Å²) in [5, 5.41) is 3.26. The summed E-state index contributed by atoms with van der Waals surface area (Å²) in [6.45, 7) is 10.3. The molecule has 1 rings (SSSR count). The van der Waals surface area contributed by atoms with Crippen LogP contribution in [0.4, 0.5) is 6.01 Å². The monoisotopic (exact) mass is 253 g/mol. The van der Waals surface area contributed by atoms with Gasteiger partial charge in [-0.1, -0.05) is 33.6 Å². The summed E-state index contributed by atoms with van der Waals surface area (Å²) in [6.07, 6.45) is 6.55. The average molecular weight is 253 g/mol. The van der Waals surface area contributed by atoms with Gasteiger partial charge in [0, 0.05) is 19.6 Å². The van der Waals surface area contributed by atoms with Crippen LogP contribution in [0.15, 0.2) is 10.7 Å². The largest absolute Gasteiger partial charge is 0.432 e. The molecule has 1 N–H and O–H groups in total. The van der Waals surface area contributed by atoms with Crippen LogP contribution in [0.3, 0.4) is 0 Å². The van der Waals surface area contributed by atoms with Crippen LogP contribution >= 0.6 is 0 Å². The van der Waals surface area contributed by atoms with Gasteiger partial charge in [-0.05, 0) is 19.4 Å². The number of hydrogen-bond acceptors (Lipinski definition) is 4. The Hall–Kier alpha value is -1.03. The van der Waals surface area contributed by atoms with Gasteiger partial charge in [-0.2, -0.15) is 4.98 Å². The fourth-order valence-electron chi connectivity index (χ4n) is 1.78. The van der Waals surface area contributed by atoms with E-state index in [-0.39, 0.29) is 0 Å². The molecule has 0 aliphatic rings. The van der Waals surface area contributed by atoms with Crippen molar-refractivity contribution < 1.29 is 4.42 Å². The van der Waals surface area contributed by atoms with E-state index in [2.05, 4.69) is 36.0 Å². The van der Waals surface area contributed by atoms with Crippen LogP contribution in [0.2, 0.25) is 0 Å². The van der Waals surface area contributed by atoms with Crippen molar-refractivity contribution in [2.24, 2.45) is 0 Å². The number of anilines is 1. The molecule has 1 aromatic rings. The van der Waals surface area contributed by atoms with E-state index >= 15 is 0 Å². The first kappa shape index (κ1) is 15.0. The Morgan fingerprint density at radius 3 is 2.39 bits per heavy atom. The van der Waals surface area contributed by atoms with E-state index in [1.54, 1.807) is 6.26 Å². The Bertz CT molecular complexity index is 304. The number of nitrogens with zero attached hydrogens (tertiary/aromatic N) is 2. The van der Waals surface area contributed by atoms with Gasteiger partial charge in [0.25, 0.3) is 6.01 Å². The Morgan fingerprint density at radius 2 is 1.83 bits per heavy atom. The number of nitrogens with one attached hydrogen (secondary N) is 1. The molecule has 0 aliphatic carbocycles. The SMILES string of the molecule is CCCCN(CCCC)c1nc(CNCC)co1. The first-order valence-electron chi connectivity index (χ1n) is 7.21. The van der Waals surface area contributed by atoms with Gasteiger partial charge >= 0.3 is 0 Å². The van der Waals surface area contributed by atoms with Crippen LogP contribution in [0.1, 0.15) is 52.1 Å². The van der Waals surface area contributed by atoms with Gasteiger partial charge in [-0.25, -0.2) is 0 Å². The van der Waals surface area contributed by atoms with Gasteiger partial charge in [-0.3, -0.25) is 0 Å². The molecular weight excluding hydrogens is 226 g/mol. The molecule has 0 atom stereocenters. The molecule has 4 nitrogen and oxygen atoms in total. The fourth-order valence-corrected chi connectivity index (χ4v) is 1.78. The van der Waals surface area contributed by atoms with Crippen LogP contribution in [0.25, 0.3) is 0 Å². The molecule has 0 spiro atoms. The summed E-state index contributed by atoms with van der Waals surface area (Å²) in [4.78, 5) is 6.82. The van der Waals surface area contributed by atoms with Gasteiger partial charge in [0.1, 0.15) is 6.26 Å². The highest BCUT2D eigenvalue weighted by Crippen LogP contribution is 2.15. The zero-order valence-corrected chi connectivity index (χ0v) is 12.0. The maximum absolute atomic E-state index is 5.59. The van der Waals surface area contributed by atoms with E-state index in [0.717, 1.165) is 37.9 Å². The van der Waals surface area contributed by atoms with Crippen LogP contribution in [0.5, 0.6) is 0 Å². The molecule has 0 aliphatic heterocycles. The second-order valence-electron chi connectivity index (χ2n) is 4.60. The lowest BCUT2D eigenvalue weighted by Gasteiger charge is -2.19. The van der Waals surface area contributed by atoms with Crippen LogP contribution < -0.4 is 10.2 Å². The smallest absolute Gasteiger partial charge is 0.297 e. The van der Waals surface area contributed by atoms with Gasteiger partial charge in [0.2, 0.25) is 0 Å². The third kappa shape index (κ3) is 5.08. The number of hydrogen-bond donors (Lipinski definition) is 1. The Labute approximate surface area is 111 Å². The topological polar surface area (TPSA) is 41.3 Å². The third-order valence-corrected chi connectivity index (χ3v) is 2.93. The van der Waals surface area contributed by atoms with Crippen molar-refractivity contribution in [2.45, 2.75) is 53.0 Å². The Morgan fingerprint density at radius 1 is 1.17 bits per heavy atom. The second-order valence-corrected chi connectivity index (χ2v) is 4.60. The number of unbranched alkanes of at least 4 members (excludes halogenated alkanes) is 2. The predicted octanol–water partition coefficient (Wildman–Crippen LogP) is 3.19. The van der Waals surface area contributed by atoms with Crippen LogP contribution in [-0.4, -0.2) is 24.6 Å². The minimum atomic E-state index is 0.782. The molecule has 0 saturated carbocycles. The molecule has 1 aromatic heterocycles. The van der Waals surface area contributed by atoms with E-state index in [0.29, 0.717) is 0 Å². The number of aromatic nitrogens is 1. The van der Waals surface area contributed by atoms with E-state index in [9.17, 15) is 0 Å². The van der Waals surface area contributed by atoms with Crippen molar-refractivity contribution in [3.05, 3.63) is 12.0 Å². The maximum Gasteiger partial charge on any atom is 0.297 e. The minimum absolute atomic E-state index is 0.782. The molecule has 0 aromatic carbocycles. The van der Waals surface area contributed by atoms with Crippen molar-refractivity contribution >= 4 is 6.01 Å². The van der Waals surface area contributed by atoms with E-state index in [4.69, 9.17) is 4.42 Å². The molecule has 104 valence electrons. The van der Waals surface area contributed by atoms with Gasteiger partial charge in [0.15, 0.2) is 0 Å². The van der Waals surface area contributed by atoms with Crippen LogP contribution in [-0.2, 0) is 6.54 Å². The summed E-state index contributed by atoms with van der Waals surface area (Å²) in [5.74, 6) is 0. The molecule has 0 fully saturated rings. The molecule has 0 bridgehead atoms. The highest BCUT2D eigenvalue weighted by molar-refractivity contribution is 5.26. The molecule has 18 heavy (non-hydrogen) atoms. The molecule has 1 heterocycles. The summed E-state index contributed by atoms with van der Waals surface area (Å²) in [5.41, 5.74) is 0.991. The molecule has 0 saturated heterocycles. The van der Waals surface area contributed by atoms with E-state index in [1.165, 1.54) is 25.7 Å². The van der Waals surface area contributed by atoms with Crippen molar-refractivity contribution in [1.29, 1.82) is 0 Å². The lowest BCUT2D eigenvalue weighted by molar-refractivity contribution is 0.520. The third-order valence-electron chi connectivity index (χ3n) is 2.93. The van der Waals surface area contributed by atoms with Gasteiger partial charge < -0.3 is 14.6 Å². The maximum atomic E-state index is 5.59. The summed E-state index contributed by atoms with van der Waals surface area (Å²) in [6, 6.07) is 0.782. The minimum Gasteiger partial charge on any atom is -0.432 e. The first-order chi connectivity index (χ1) is 8.81. The summed E-state index contributed by atoms with van der Waals surface area (Å²) < 4.78 is 5.59. The molecule has 0 unspecified atom stereocenters. The first-order valence-corrected chi connectivity index (χ1v) is 7.21. The Kier molecular flexibility index (Phi) is 7.49. The molecular formula is C14H27N3O. The quantitative estimate of drug-likeness (QED) is 0.695. The summed E-state index contributed by atoms with van der Waals surface area (Å²) in [7, 11) is 0. The standard InChI is InChI=1S/C14H27N3O/c1-4-7-9-17(10-8-5-2)14-16-13(12-18-14)11-15-6-3/h12,15H,4-11H2,1-3H3. The fraction of sp³-hybridized carbons (Fsp3) is 0.786. The van der Waals surface area contributed by atoms with E-state index < -0.39 is 0 Å². The second kappa shape index (κ2) is 8.97. The molecule has 4 heteroatoms. The predicted molar refractivity (Wildman–Crippen MR) is 75.9 cm³/mol. The normalized spacial score (nSPS) is 10.8. The van der Waals surface area contributed by atoms with Crippen molar-refractivity contribution in [2.75, 3.05) is 24.5 Å². The molecule has 0 radical (unpaired) electrons. The highest BCUT2D eigenvalue weighted by atomic mass is 16.4. The number of oxazole rings is 1. The highest BCUT2D eigenvalue weighted by Gasteiger charge is 2.11. The lowest BCUT2D eigenvalue weighted by atomic mass is 10.3. The van der Waals surface area contributed by atoms with Crippen molar-refractivity contribution in [1.82, 2.24) is 10.3 Å². The van der Waals surface area contributed by atoms with Gasteiger partial charge in [0.05, 0.1) is 5.69 Å². The zero-order chi connectivity index (χ0) is 13.2. The molecule has 0 amide bonds. The summed E-state index contributed by atoms with van der Waals surface area (Å²) >= 11 is 0. The van der Waals surface area contributed by atoms with Crippen molar-refractivity contribution in [3.8, 4) is 0 Å². The van der Waals surface area contributed by atoms with Crippen molar-refractivity contribution in [3.63, 3.8) is 0 Å². The van der Waals surface area contributed by atoms with E-state index in [1.807, 2.05) is 0 Å². The lowest BCUT2D eigenvalue weighted by Crippen LogP contribution is -2.26. The van der Waals surface area contributed by atoms with Gasteiger partial charge in [-0.15, -0.1) is 0 Å². The number of rotatable bonds is 10. The zero-order valence-electron chi connectivity index (χ0n) is 12.0. The Balaban J connectivity index is 2.56. The van der Waals surface area contributed by atoms with Crippen LogP contribution in [0, 0.1) is 0 Å². The average Bonchev–Trinajstić information content (AvgIpc) is 2.85.